The van der Waals surface area contributed by atoms with Gasteiger partial charge in [0, 0.05) is 43.2 Å². The standard InChI is InChI=1S/C66H75BN2S/c1-39(2)44-17-21-49(22-18-44)68-57-32-48(66-36-41-27-42(37-66)29-43(28-41)38-66)33-58-60(57)67(62-61(68)51-34-52-53(35-59(51)70-62)65(10,11)26-25-64(52,8)9)54-31-47(63(5,6)7)20-24-56(54)69(58)55-23-19-46(40(3)4)30-50(55)45-15-13-12-14-16-45/h12-17,19-24,30-35,39-44H,18,25-29,36-38H2,1-11H3. The van der Waals surface area contributed by atoms with Gasteiger partial charge < -0.3 is 9.80 Å². The molecule has 14 rings (SSSR count). The van der Waals surface area contributed by atoms with Gasteiger partial charge in [0.25, 0.3) is 6.71 Å². The van der Waals surface area contributed by atoms with E-state index in [1.165, 1.54) is 134 Å². The molecule has 0 radical (unpaired) electrons. The predicted molar refractivity (Wildman–Crippen MR) is 303 cm³/mol. The quantitative estimate of drug-likeness (QED) is 0.153. The van der Waals surface area contributed by atoms with Crippen molar-refractivity contribution in [2.75, 3.05) is 9.80 Å². The smallest absolute Gasteiger partial charge is 0.264 e. The van der Waals surface area contributed by atoms with E-state index >= 15 is 0 Å². The van der Waals surface area contributed by atoms with Crippen LogP contribution in [0.5, 0.6) is 0 Å². The van der Waals surface area contributed by atoms with E-state index in [2.05, 4.69) is 207 Å². The van der Waals surface area contributed by atoms with Crippen molar-refractivity contribution in [3.8, 4) is 11.1 Å². The molecule has 70 heavy (non-hydrogen) atoms. The van der Waals surface area contributed by atoms with Gasteiger partial charge in [0.1, 0.15) is 0 Å². The number of fused-ring (bicyclic) bond motifs is 7. The van der Waals surface area contributed by atoms with E-state index in [-0.39, 0.29) is 28.4 Å². The third-order valence-electron chi connectivity index (χ3n) is 19.4. The minimum absolute atomic E-state index is 0.00990. The van der Waals surface area contributed by atoms with Crippen LogP contribution in [0, 0.1) is 29.6 Å². The molecule has 6 aliphatic carbocycles. The van der Waals surface area contributed by atoms with Gasteiger partial charge in [0.15, 0.2) is 0 Å². The molecule has 8 aliphatic rings. The van der Waals surface area contributed by atoms with Gasteiger partial charge in [-0.2, -0.15) is 0 Å². The van der Waals surface area contributed by atoms with Crippen LogP contribution in [0.1, 0.15) is 168 Å². The van der Waals surface area contributed by atoms with Crippen molar-refractivity contribution < 1.29 is 0 Å². The molecule has 4 fully saturated rings. The number of hydrogen-bond donors (Lipinski definition) is 0. The van der Waals surface area contributed by atoms with Crippen molar-refractivity contribution in [2.24, 2.45) is 29.6 Å². The van der Waals surface area contributed by atoms with E-state index in [4.69, 9.17) is 0 Å². The third kappa shape index (κ3) is 6.83. The summed E-state index contributed by atoms with van der Waals surface area (Å²) in [6, 6.07) is 37.3. The lowest BCUT2D eigenvalue weighted by molar-refractivity contribution is -0.00514. The molecule has 358 valence electrons. The number of benzene rings is 5. The second-order valence-electron chi connectivity index (χ2n) is 26.7. The number of rotatable bonds is 6. The Hall–Kier alpha value is -4.80. The van der Waals surface area contributed by atoms with Crippen LogP contribution >= 0.6 is 11.3 Å². The van der Waals surface area contributed by atoms with E-state index in [9.17, 15) is 0 Å². The largest absolute Gasteiger partial charge is 0.311 e. The molecule has 1 atom stereocenters. The summed E-state index contributed by atoms with van der Waals surface area (Å²) < 4.78 is 2.96. The Morgan fingerprint density at radius 2 is 1.33 bits per heavy atom. The van der Waals surface area contributed by atoms with Crippen LogP contribution in [0.25, 0.3) is 21.2 Å². The zero-order valence-corrected chi connectivity index (χ0v) is 44.9. The minimum atomic E-state index is -0.00990. The highest BCUT2D eigenvalue weighted by Gasteiger charge is 2.54. The maximum atomic E-state index is 2.84. The van der Waals surface area contributed by atoms with Gasteiger partial charge >= 0.3 is 0 Å². The van der Waals surface area contributed by atoms with Gasteiger partial charge in [0.05, 0.1) is 11.4 Å². The molecule has 0 saturated heterocycles. The molecule has 4 saturated carbocycles. The molecule has 3 heterocycles. The molecule has 4 bridgehead atoms. The van der Waals surface area contributed by atoms with Gasteiger partial charge in [-0.1, -0.05) is 137 Å². The molecule has 1 aromatic heterocycles. The molecule has 0 amide bonds. The van der Waals surface area contributed by atoms with Gasteiger partial charge in [-0.3, -0.25) is 0 Å². The molecular formula is C66H75BN2S. The molecule has 6 aromatic rings. The Balaban J connectivity index is 1.16. The predicted octanol–water partition coefficient (Wildman–Crippen LogP) is 16.7. The Bertz CT molecular complexity index is 3150. The molecule has 5 aromatic carbocycles. The summed E-state index contributed by atoms with van der Waals surface area (Å²) in [6.45, 7) is 26.8. The Morgan fingerprint density at radius 1 is 0.686 bits per heavy atom. The van der Waals surface area contributed by atoms with Crippen molar-refractivity contribution in [3.05, 3.63) is 143 Å². The number of thiophene rings is 1. The lowest BCUT2D eigenvalue weighted by Gasteiger charge is -2.57. The van der Waals surface area contributed by atoms with Gasteiger partial charge in [-0.25, -0.2) is 0 Å². The first-order valence-electron chi connectivity index (χ1n) is 27.5. The summed E-state index contributed by atoms with van der Waals surface area (Å²) in [5.74, 6) is 4.13. The van der Waals surface area contributed by atoms with Crippen LogP contribution in [0.4, 0.5) is 28.4 Å². The van der Waals surface area contributed by atoms with Gasteiger partial charge in [0.2, 0.25) is 0 Å². The monoisotopic (exact) mass is 939 g/mol. The number of anilines is 5. The van der Waals surface area contributed by atoms with E-state index in [1.54, 1.807) is 16.7 Å². The summed E-state index contributed by atoms with van der Waals surface area (Å²) in [5, 5.41) is 1.45. The van der Waals surface area contributed by atoms with Crippen molar-refractivity contribution in [2.45, 2.75) is 162 Å². The molecule has 2 nitrogen and oxygen atoms in total. The lowest BCUT2D eigenvalue weighted by Crippen LogP contribution is -2.61. The van der Waals surface area contributed by atoms with Gasteiger partial charge in [-0.05, 0) is 208 Å². The van der Waals surface area contributed by atoms with Crippen molar-refractivity contribution in [1.29, 1.82) is 0 Å². The van der Waals surface area contributed by atoms with E-state index < -0.39 is 0 Å². The molecule has 4 heteroatoms. The normalized spacial score (nSPS) is 25.6. The number of hydrogen-bond acceptors (Lipinski definition) is 3. The third-order valence-corrected chi connectivity index (χ3v) is 20.6. The highest BCUT2D eigenvalue weighted by Crippen LogP contribution is 2.62. The lowest BCUT2D eigenvalue weighted by atomic mass is 9.35. The summed E-state index contributed by atoms with van der Waals surface area (Å²) in [5.41, 5.74) is 21.7. The highest BCUT2D eigenvalue weighted by atomic mass is 32.1. The first-order valence-corrected chi connectivity index (χ1v) is 28.3. The Morgan fingerprint density at radius 3 is 1.94 bits per heavy atom. The maximum absolute atomic E-state index is 2.84. The molecular weight excluding hydrogens is 864 g/mol. The maximum Gasteiger partial charge on any atom is 0.264 e. The summed E-state index contributed by atoms with van der Waals surface area (Å²) in [7, 11) is 0. The second-order valence-corrected chi connectivity index (χ2v) is 27.7. The highest BCUT2D eigenvalue weighted by molar-refractivity contribution is 7.33. The van der Waals surface area contributed by atoms with Crippen LogP contribution in [0.3, 0.4) is 0 Å². The Labute approximate surface area is 424 Å². The number of nitrogens with zero attached hydrogens (tertiary/aromatic N) is 2. The average Bonchev–Trinajstić information content (AvgIpc) is 3.70. The Kier molecular flexibility index (Phi) is 10.1. The van der Waals surface area contributed by atoms with Crippen LogP contribution in [-0.4, -0.2) is 6.71 Å². The number of allylic oxidation sites excluding steroid dienone is 3. The topological polar surface area (TPSA) is 6.48 Å². The zero-order valence-electron chi connectivity index (χ0n) is 44.1. The van der Waals surface area contributed by atoms with E-state index in [1.807, 2.05) is 0 Å². The van der Waals surface area contributed by atoms with Gasteiger partial charge in [-0.15, -0.1) is 11.3 Å². The summed E-state index contributed by atoms with van der Waals surface area (Å²) in [4.78, 5) is 5.61. The van der Waals surface area contributed by atoms with Crippen molar-refractivity contribution in [3.63, 3.8) is 0 Å². The second kappa shape index (κ2) is 15.6. The van der Waals surface area contributed by atoms with E-state index in [0.29, 0.717) is 17.8 Å². The van der Waals surface area contributed by atoms with Crippen molar-refractivity contribution >= 4 is 72.3 Å². The van der Waals surface area contributed by atoms with Crippen LogP contribution < -0.4 is 25.5 Å². The molecule has 0 N–H and O–H groups in total. The molecule has 2 aliphatic heterocycles. The first kappa shape index (κ1) is 45.1. The average molecular weight is 939 g/mol. The summed E-state index contributed by atoms with van der Waals surface area (Å²) in [6.07, 6.45) is 19.6. The van der Waals surface area contributed by atoms with Crippen LogP contribution in [0.15, 0.2) is 115 Å². The zero-order chi connectivity index (χ0) is 48.4. The van der Waals surface area contributed by atoms with Crippen molar-refractivity contribution in [1.82, 2.24) is 0 Å². The van der Waals surface area contributed by atoms with Crippen LogP contribution in [0.2, 0.25) is 0 Å². The fourth-order valence-electron chi connectivity index (χ4n) is 15.6. The molecule has 0 spiro atoms. The van der Waals surface area contributed by atoms with Crippen LogP contribution in [-0.2, 0) is 21.7 Å². The van der Waals surface area contributed by atoms with E-state index in [0.717, 1.165) is 24.2 Å². The summed E-state index contributed by atoms with van der Waals surface area (Å²) >= 11 is 2.10. The fraction of sp³-hybridized carbons (Fsp3) is 0.455. The minimum Gasteiger partial charge on any atom is -0.311 e. The fourth-order valence-corrected chi connectivity index (χ4v) is 16.9. The SMILES string of the molecule is CC(C)c1ccc(N2c3ccc(C(C)(C)C)cc3B3c4sc5cc6c(cc5c4N(C4=CCC(C(C)C)C=C4)c4cc(C57CC8CC(CC(C8)C5)C7)cc2c43)C(C)(C)CCC6(C)C)c(-c2ccccc2)c1. The molecule has 1 unspecified atom stereocenters. The first-order chi connectivity index (χ1) is 33.4.